The van der Waals surface area contributed by atoms with Crippen molar-refractivity contribution >= 4 is 16.4 Å². The minimum absolute atomic E-state index is 1.66. The minimum atomic E-state index is 1.66. The van der Waals surface area contributed by atoms with Crippen LogP contribution in [0.5, 0.6) is 0 Å². The van der Waals surface area contributed by atoms with E-state index < -0.39 is 0 Å². The fourth-order valence-electron chi connectivity index (χ4n) is 0. The number of hydrogen-bond donors (Lipinski definition) is 0. The van der Waals surface area contributed by atoms with Crippen LogP contribution in [0.1, 0.15) is 0 Å². The van der Waals surface area contributed by atoms with Gasteiger partial charge in [-0.15, -0.1) is 0 Å². The van der Waals surface area contributed by atoms with Gasteiger partial charge in [-0.25, -0.2) is 0 Å². The van der Waals surface area contributed by atoms with Crippen molar-refractivity contribution in [3.05, 3.63) is 0 Å². The highest BCUT2D eigenvalue weighted by molar-refractivity contribution is 7.06. The Labute approximate surface area is 29.0 Å². The number of rotatable bonds is 1. The van der Waals surface area contributed by atoms with Crippen LogP contribution in [0, 0.1) is 0 Å². The first-order valence-electron chi connectivity index (χ1n) is 1.06. The molecule has 0 unspecified atom stereocenters. The predicted molar refractivity (Wildman–Crippen MR) is 22.4 cm³/mol. The van der Waals surface area contributed by atoms with Crippen LogP contribution >= 0.6 is 9.03 Å². The fraction of sp³-hybridized carbons (Fsp3) is 1.00. The first-order valence-corrected chi connectivity index (χ1v) is 1.51. The molecule has 0 spiro atoms. The average molecular weight is 71.8 g/mol. The Morgan fingerprint density at radius 3 is 2.25 bits per heavy atom. The number of hydrogen-bond acceptors (Lipinski definition) is 1. The van der Waals surface area contributed by atoms with Crippen molar-refractivity contribution in [3.8, 4) is 0 Å². The molecule has 0 saturated carbocycles. The summed E-state index contributed by atoms with van der Waals surface area (Å²) in [6.07, 6.45) is 0. The molecule has 0 heterocycles. The molecule has 0 fully saturated rings. The summed E-state index contributed by atoms with van der Waals surface area (Å²) in [5, 5.41) is 0. The molecule has 0 atom stereocenters. The summed E-state index contributed by atoms with van der Waals surface area (Å²) in [4.78, 5) is 0. The maximum absolute atomic E-state index is 3.42. The molecule has 0 aromatic heterocycles. The van der Waals surface area contributed by atoms with Crippen LogP contribution < -0.4 is 0 Å². The van der Waals surface area contributed by atoms with Gasteiger partial charge >= 0.3 is 0 Å². The van der Waals surface area contributed by atoms with Crippen molar-refractivity contribution in [1.29, 1.82) is 0 Å². The Balaban J connectivity index is 2.30. The van der Waals surface area contributed by atoms with Crippen LogP contribution in [-0.4, -0.2) is 7.41 Å². The zero-order valence-electron chi connectivity index (χ0n) is 2.52. The van der Waals surface area contributed by atoms with Gasteiger partial charge < -0.3 is 4.66 Å². The molecule has 0 saturated heterocycles. The maximum atomic E-state index is 3.42. The van der Waals surface area contributed by atoms with Gasteiger partial charge in [0.2, 0.25) is 0 Å². The van der Waals surface area contributed by atoms with Crippen molar-refractivity contribution in [2.75, 3.05) is 0 Å². The van der Waals surface area contributed by atoms with Crippen molar-refractivity contribution in [3.63, 3.8) is 0 Å². The topological polar surface area (TPSA) is 12.4 Å². The van der Waals surface area contributed by atoms with E-state index in [1.165, 1.54) is 0 Å². The van der Waals surface area contributed by atoms with Gasteiger partial charge in [0, 0.05) is 0 Å². The minimum Gasteiger partial charge on any atom is -0.336 e. The Kier molecular flexibility index (Phi) is 3.30. The summed E-state index contributed by atoms with van der Waals surface area (Å²) in [5.74, 6) is 0. The van der Waals surface area contributed by atoms with E-state index in [4.69, 9.17) is 0 Å². The van der Waals surface area contributed by atoms with Crippen molar-refractivity contribution in [1.82, 2.24) is 0 Å². The Hall–Kier alpha value is 0.165. The maximum Gasteiger partial charge on any atom is 0.277 e. The van der Waals surface area contributed by atoms with E-state index >= 15 is 0 Å². The molecule has 0 aliphatic rings. The molecule has 0 amide bonds. The lowest BCUT2D eigenvalue weighted by atomic mass is 10.0. The molecular weight excluding hydrogens is 67.8 g/mol. The molecule has 0 aliphatic heterocycles. The van der Waals surface area contributed by atoms with E-state index in [9.17, 15) is 0 Å². The second kappa shape index (κ2) is 3.16. The number of nitrogens with zero attached hydrogens (tertiary/aromatic N) is 1. The third kappa shape index (κ3) is 2.16. The van der Waals surface area contributed by atoms with Gasteiger partial charge in [0.05, 0.1) is 0 Å². The molecule has 3 heteroatoms. The molecule has 0 bridgehead atoms. The summed E-state index contributed by atoms with van der Waals surface area (Å²) in [7, 11) is 4.52. The smallest absolute Gasteiger partial charge is 0.277 e. The summed E-state index contributed by atoms with van der Waals surface area (Å²) >= 11 is 0. The molecule has 0 aromatic rings. The third-order valence-corrected chi connectivity index (χ3v) is 0.387. The standard InChI is InChI=1S/CH4BNP/c1-2-3-4/h4H,1H3. The monoisotopic (exact) mass is 72.0 g/mol. The Bertz CT molecular complexity index is 22.0. The second-order valence-electron chi connectivity index (χ2n) is 0.387. The van der Waals surface area contributed by atoms with Crippen LogP contribution in [0.3, 0.4) is 0 Å². The summed E-state index contributed by atoms with van der Waals surface area (Å²) in [6.45, 7) is 1.84. The molecule has 4 heavy (non-hydrogen) atoms. The van der Waals surface area contributed by atoms with Crippen molar-refractivity contribution in [2.45, 2.75) is 6.82 Å². The zero-order chi connectivity index (χ0) is 3.41. The largest absolute Gasteiger partial charge is 0.336 e. The van der Waals surface area contributed by atoms with Gasteiger partial charge in [0.1, 0.15) is 0 Å². The highest BCUT2D eigenvalue weighted by atomic mass is 31.0. The van der Waals surface area contributed by atoms with E-state index in [2.05, 4.69) is 13.7 Å². The highest BCUT2D eigenvalue weighted by Crippen LogP contribution is 1.62. The third-order valence-electron chi connectivity index (χ3n) is 0.129. The van der Waals surface area contributed by atoms with Crippen LogP contribution in [-0.2, 0) is 0 Å². The summed E-state index contributed by atoms with van der Waals surface area (Å²) < 4.78 is 3.42. The SMILES string of the molecule is C[B]N=P. The van der Waals surface area contributed by atoms with E-state index in [1.807, 2.05) is 6.82 Å². The molecule has 21 valence electrons. The molecule has 1 radical (unpaired) electrons. The lowest BCUT2D eigenvalue weighted by Gasteiger charge is -1.54. The van der Waals surface area contributed by atoms with Gasteiger partial charge in [-0.05, 0) is 9.03 Å². The molecule has 0 rings (SSSR count). The van der Waals surface area contributed by atoms with Crippen LogP contribution in [0.4, 0.5) is 0 Å². The van der Waals surface area contributed by atoms with Gasteiger partial charge in [0.15, 0.2) is 0 Å². The normalized spacial score (nSPS) is 5.25. The molecule has 0 N–H and O–H groups in total. The van der Waals surface area contributed by atoms with Gasteiger partial charge in [-0.1, -0.05) is 6.82 Å². The summed E-state index contributed by atoms with van der Waals surface area (Å²) in [5.41, 5.74) is 0. The Morgan fingerprint density at radius 1 is 2.00 bits per heavy atom. The van der Waals surface area contributed by atoms with Gasteiger partial charge in [0.25, 0.3) is 7.41 Å². The van der Waals surface area contributed by atoms with E-state index in [1.54, 1.807) is 7.41 Å². The predicted octanol–water partition coefficient (Wildman–Crippen LogP) is 0.980. The quantitative estimate of drug-likeness (QED) is 0.323. The van der Waals surface area contributed by atoms with Crippen LogP contribution in [0.25, 0.3) is 0 Å². The lowest BCUT2D eigenvalue weighted by molar-refractivity contribution is 1.93. The zero-order valence-corrected chi connectivity index (χ0v) is 3.52. The van der Waals surface area contributed by atoms with E-state index in [-0.39, 0.29) is 0 Å². The molecule has 0 aliphatic carbocycles. The van der Waals surface area contributed by atoms with E-state index in [0.29, 0.717) is 0 Å². The summed E-state index contributed by atoms with van der Waals surface area (Å²) in [6, 6.07) is 0. The first kappa shape index (κ1) is 4.16. The first-order chi connectivity index (χ1) is 1.91. The lowest BCUT2D eigenvalue weighted by Crippen LogP contribution is -1.58. The second-order valence-corrected chi connectivity index (χ2v) is 0.645. The molecule has 1 nitrogen and oxygen atoms in total. The van der Waals surface area contributed by atoms with Crippen molar-refractivity contribution < 1.29 is 0 Å². The van der Waals surface area contributed by atoms with Crippen molar-refractivity contribution in [2.24, 2.45) is 4.66 Å². The van der Waals surface area contributed by atoms with Gasteiger partial charge in [-0.2, -0.15) is 0 Å². The van der Waals surface area contributed by atoms with Crippen LogP contribution in [0.15, 0.2) is 4.66 Å². The highest BCUT2D eigenvalue weighted by Gasteiger charge is 1.54. The molecular formula is CH4BNP. The average Bonchev–Trinajstić information content (AvgIpc) is 1.37. The fourth-order valence-corrected chi connectivity index (χ4v) is 0. The van der Waals surface area contributed by atoms with Crippen LogP contribution in [0.2, 0.25) is 6.82 Å². The molecule has 0 aromatic carbocycles. The van der Waals surface area contributed by atoms with Gasteiger partial charge in [-0.3, -0.25) is 0 Å². The Morgan fingerprint density at radius 2 is 2.25 bits per heavy atom. The van der Waals surface area contributed by atoms with E-state index in [0.717, 1.165) is 0 Å².